The average molecular weight is 399 g/mol. The summed E-state index contributed by atoms with van der Waals surface area (Å²) >= 11 is 0. The van der Waals surface area contributed by atoms with E-state index in [0.29, 0.717) is 5.39 Å². The summed E-state index contributed by atoms with van der Waals surface area (Å²) in [6.07, 6.45) is 3.56. The number of aromatic nitrogens is 2. The van der Waals surface area contributed by atoms with E-state index in [2.05, 4.69) is 45.7 Å². The van der Waals surface area contributed by atoms with E-state index >= 15 is 0 Å². The monoisotopic (exact) mass is 398 g/mol. The standard InChI is InChI=1S/C25H26N4O/c1-3-28(4-2)18-19-16-26-17-22-23(30)15-24(27-20-11-7-5-8-12-20)29(25(19)22)21-13-9-6-10-14-21/h5-17,27H,3-4,18H2,1-2H3. The molecule has 0 atom stereocenters. The molecule has 4 aromatic rings. The molecule has 0 saturated heterocycles. The number of hydrogen-bond donors (Lipinski definition) is 1. The molecule has 0 spiro atoms. The maximum atomic E-state index is 13.0. The SMILES string of the molecule is CCN(CC)Cc1cncc2c(=O)cc(Nc3ccccc3)n(-c3ccccc3)c12. The second-order valence-corrected chi connectivity index (χ2v) is 7.21. The second kappa shape index (κ2) is 8.93. The van der Waals surface area contributed by atoms with Crippen LogP contribution in [0.5, 0.6) is 0 Å². The minimum atomic E-state index is -0.0375. The average Bonchev–Trinajstić information content (AvgIpc) is 2.79. The number of nitrogens with zero attached hydrogens (tertiary/aromatic N) is 3. The summed E-state index contributed by atoms with van der Waals surface area (Å²) in [6.45, 7) is 6.90. The Bertz CT molecular complexity index is 1180. The van der Waals surface area contributed by atoms with Gasteiger partial charge in [-0.1, -0.05) is 50.2 Å². The smallest absolute Gasteiger partial charge is 0.193 e. The van der Waals surface area contributed by atoms with E-state index in [1.807, 2.05) is 54.7 Å². The van der Waals surface area contributed by atoms with Gasteiger partial charge < -0.3 is 5.32 Å². The van der Waals surface area contributed by atoms with Gasteiger partial charge in [0, 0.05) is 41.9 Å². The number of nitrogens with one attached hydrogen (secondary N) is 1. The molecule has 30 heavy (non-hydrogen) atoms. The van der Waals surface area contributed by atoms with Crippen molar-refractivity contribution in [2.45, 2.75) is 20.4 Å². The van der Waals surface area contributed by atoms with E-state index in [1.54, 1.807) is 12.3 Å². The van der Waals surface area contributed by atoms with E-state index in [9.17, 15) is 4.79 Å². The molecular weight excluding hydrogens is 372 g/mol. The van der Waals surface area contributed by atoms with Crippen LogP contribution >= 0.6 is 0 Å². The fraction of sp³-hybridized carbons (Fsp3) is 0.200. The van der Waals surface area contributed by atoms with Gasteiger partial charge in [-0.2, -0.15) is 0 Å². The van der Waals surface area contributed by atoms with Crippen molar-refractivity contribution >= 4 is 22.4 Å². The first kappa shape index (κ1) is 19.9. The number of fused-ring (bicyclic) bond motifs is 1. The van der Waals surface area contributed by atoms with Gasteiger partial charge in [0.25, 0.3) is 0 Å². The van der Waals surface area contributed by atoms with Crippen LogP contribution in [0.4, 0.5) is 11.5 Å². The topological polar surface area (TPSA) is 50.2 Å². The van der Waals surface area contributed by atoms with E-state index in [-0.39, 0.29) is 5.43 Å². The molecule has 0 aliphatic rings. The van der Waals surface area contributed by atoms with Gasteiger partial charge in [0.15, 0.2) is 5.43 Å². The lowest BCUT2D eigenvalue weighted by Crippen LogP contribution is -2.23. The minimum absolute atomic E-state index is 0.0375. The van der Waals surface area contributed by atoms with Crippen LogP contribution in [0.15, 0.2) is 83.9 Å². The van der Waals surface area contributed by atoms with Gasteiger partial charge in [-0.25, -0.2) is 0 Å². The number of benzene rings is 2. The maximum Gasteiger partial charge on any atom is 0.193 e. The van der Waals surface area contributed by atoms with Gasteiger partial charge in [-0.15, -0.1) is 0 Å². The third-order valence-corrected chi connectivity index (χ3v) is 5.34. The van der Waals surface area contributed by atoms with Crippen molar-refractivity contribution in [3.63, 3.8) is 0 Å². The summed E-state index contributed by atoms with van der Waals surface area (Å²) in [4.78, 5) is 19.8. The third-order valence-electron chi connectivity index (χ3n) is 5.34. The predicted molar refractivity (Wildman–Crippen MR) is 124 cm³/mol. The molecule has 4 rings (SSSR count). The molecule has 0 amide bonds. The molecule has 152 valence electrons. The highest BCUT2D eigenvalue weighted by molar-refractivity contribution is 5.86. The Morgan fingerprint density at radius 1 is 0.933 bits per heavy atom. The Morgan fingerprint density at radius 2 is 1.60 bits per heavy atom. The number of pyridine rings is 2. The van der Waals surface area contributed by atoms with Gasteiger partial charge in [-0.05, 0) is 37.4 Å². The quantitative estimate of drug-likeness (QED) is 0.477. The number of para-hydroxylation sites is 2. The van der Waals surface area contributed by atoms with E-state index in [0.717, 1.165) is 47.9 Å². The second-order valence-electron chi connectivity index (χ2n) is 7.21. The molecule has 0 bridgehead atoms. The molecule has 0 aliphatic carbocycles. The zero-order valence-corrected chi connectivity index (χ0v) is 17.4. The van der Waals surface area contributed by atoms with Crippen molar-refractivity contribution in [1.82, 2.24) is 14.5 Å². The minimum Gasteiger partial charge on any atom is -0.341 e. The number of hydrogen-bond acceptors (Lipinski definition) is 4. The Kier molecular flexibility index (Phi) is 5.91. The maximum absolute atomic E-state index is 13.0. The van der Waals surface area contributed by atoms with Crippen LogP contribution in [0, 0.1) is 0 Å². The molecule has 5 heteroatoms. The normalized spacial score (nSPS) is 11.2. The summed E-state index contributed by atoms with van der Waals surface area (Å²) in [5, 5.41) is 4.07. The molecule has 2 aromatic carbocycles. The molecule has 2 heterocycles. The summed E-state index contributed by atoms with van der Waals surface area (Å²) in [7, 11) is 0. The van der Waals surface area contributed by atoms with Crippen molar-refractivity contribution in [2.75, 3.05) is 18.4 Å². The van der Waals surface area contributed by atoms with Crippen LogP contribution in [-0.2, 0) is 6.54 Å². The first-order valence-electron chi connectivity index (χ1n) is 10.3. The zero-order chi connectivity index (χ0) is 20.9. The van der Waals surface area contributed by atoms with Crippen molar-refractivity contribution in [2.24, 2.45) is 0 Å². The van der Waals surface area contributed by atoms with Gasteiger partial charge in [0.1, 0.15) is 5.82 Å². The highest BCUT2D eigenvalue weighted by atomic mass is 16.1. The molecule has 0 unspecified atom stereocenters. The van der Waals surface area contributed by atoms with Gasteiger partial charge in [0.05, 0.1) is 10.9 Å². The van der Waals surface area contributed by atoms with E-state index in [1.165, 1.54) is 0 Å². The number of anilines is 2. The lowest BCUT2D eigenvalue weighted by Gasteiger charge is -2.23. The molecule has 5 nitrogen and oxygen atoms in total. The van der Waals surface area contributed by atoms with Crippen molar-refractivity contribution < 1.29 is 0 Å². The summed E-state index contributed by atoms with van der Waals surface area (Å²) in [5.74, 6) is 0.733. The molecule has 0 radical (unpaired) electrons. The highest BCUT2D eigenvalue weighted by Gasteiger charge is 2.16. The lowest BCUT2D eigenvalue weighted by atomic mass is 10.1. The lowest BCUT2D eigenvalue weighted by molar-refractivity contribution is 0.296. The first-order chi connectivity index (χ1) is 14.7. The fourth-order valence-electron chi connectivity index (χ4n) is 3.74. The summed E-state index contributed by atoms with van der Waals surface area (Å²) < 4.78 is 2.13. The molecule has 2 aromatic heterocycles. The first-order valence-corrected chi connectivity index (χ1v) is 10.3. The van der Waals surface area contributed by atoms with Crippen LogP contribution in [0.25, 0.3) is 16.6 Å². The largest absolute Gasteiger partial charge is 0.341 e. The van der Waals surface area contributed by atoms with E-state index in [4.69, 9.17) is 0 Å². The summed E-state index contributed by atoms with van der Waals surface area (Å²) in [6, 6.07) is 21.7. The Labute approximate surface area is 176 Å². The van der Waals surface area contributed by atoms with Gasteiger partial charge >= 0.3 is 0 Å². The van der Waals surface area contributed by atoms with Crippen LogP contribution in [-0.4, -0.2) is 27.5 Å². The van der Waals surface area contributed by atoms with Crippen LogP contribution in [0.2, 0.25) is 0 Å². The molecule has 0 saturated carbocycles. The van der Waals surface area contributed by atoms with Crippen LogP contribution in [0.3, 0.4) is 0 Å². The van der Waals surface area contributed by atoms with Crippen molar-refractivity contribution in [1.29, 1.82) is 0 Å². The molecular formula is C25H26N4O. The van der Waals surface area contributed by atoms with Gasteiger partial charge in [-0.3, -0.25) is 19.2 Å². The molecule has 0 fully saturated rings. The van der Waals surface area contributed by atoms with Crippen LogP contribution < -0.4 is 10.7 Å². The molecule has 0 aliphatic heterocycles. The zero-order valence-electron chi connectivity index (χ0n) is 17.4. The van der Waals surface area contributed by atoms with Gasteiger partial charge in [0.2, 0.25) is 0 Å². The number of rotatable bonds is 7. The van der Waals surface area contributed by atoms with Crippen LogP contribution in [0.1, 0.15) is 19.4 Å². The third kappa shape index (κ3) is 3.98. The van der Waals surface area contributed by atoms with Crippen molar-refractivity contribution in [3.05, 3.63) is 94.9 Å². The fourth-order valence-corrected chi connectivity index (χ4v) is 3.74. The van der Waals surface area contributed by atoms with E-state index < -0.39 is 0 Å². The predicted octanol–water partition coefficient (Wildman–Crippen LogP) is 4.97. The summed E-state index contributed by atoms with van der Waals surface area (Å²) in [5.41, 5.74) is 3.82. The van der Waals surface area contributed by atoms with Crippen molar-refractivity contribution in [3.8, 4) is 5.69 Å². The Hall–Kier alpha value is -3.44. The Morgan fingerprint density at radius 3 is 2.27 bits per heavy atom. The highest BCUT2D eigenvalue weighted by Crippen LogP contribution is 2.27. The molecule has 1 N–H and O–H groups in total. The Balaban J connectivity index is 2.00.